The third kappa shape index (κ3) is 3.11. The molecule has 1 aliphatic heterocycles. The first-order valence-electron chi connectivity index (χ1n) is 7.89. The summed E-state index contributed by atoms with van der Waals surface area (Å²) < 4.78 is 14.4. The van der Waals surface area contributed by atoms with Crippen LogP contribution in [0.25, 0.3) is 0 Å². The van der Waals surface area contributed by atoms with E-state index in [0.29, 0.717) is 23.1 Å². The Labute approximate surface area is 131 Å². The van der Waals surface area contributed by atoms with Crippen LogP contribution in [0.15, 0.2) is 18.2 Å². The number of benzene rings is 1. The molecule has 0 radical (unpaired) electrons. The molecule has 21 heavy (non-hydrogen) atoms. The van der Waals surface area contributed by atoms with E-state index >= 15 is 0 Å². The Hall–Kier alpha value is -1.00. The molecule has 0 atom stereocenters. The van der Waals surface area contributed by atoms with E-state index in [1.807, 2.05) is 12.1 Å². The van der Waals surface area contributed by atoms with Gasteiger partial charge in [-0.25, -0.2) is 4.39 Å². The summed E-state index contributed by atoms with van der Waals surface area (Å²) in [6, 6.07) is 5.34. The second-order valence-electron chi connectivity index (χ2n) is 6.63. The predicted octanol–water partition coefficient (Wildman–Crippen LogP) is 3.62. The van der Waals surface area contributed by atoms with Gasteiger partial charge in [-0.1, -0.05) is 37.2 Å². The highest BCUT2D eigenvalue weighted by Gasteiger charge is 2.36. The van der Waals surface area contributed by atoms with Gasteiger partial charge in [0.25, 0.3) is 0 Å². The van der Waals surface area contributed by atoms with E-state index in [1.165, 1.54) is 38.5 Å². The van der Waals surface area contributed by atoms with E-state index in [0.717, 1.165) is 13.1 Å². The van der Waals surface area contributed by atoms with Gasteiger partial charge >= 0.3 is 0 Å². The van der Waals surface area contributed by atoms with Gasteiger partial charge in [-0.2, -0.15) is 0 Å². The van der Waals surface area contributed by atoms with Crippen molar-refractivity contribution >= 4 is 17.2 Å². The van der Waals surface area contributed by atoms with Gasteiger partial charge in [-0.05, 0) is 50.3 Å². The number of nitrogens with two attached hydrogens (primary N) is 1. The van der Waals surface area contributed by atoms with Crippen LogP contribution in [0.1, 0.15) is 49.7 Å². The topological polar surface area (TPSA) is 29.3 Å². The molecular weight excluding hydrogens is 283 g/mol. The summed E-state index contributed by atoms with van der Waals surface area (Å²) in [5.74, 6) is -0.244. The number of rotatable bonds is 3. The lowest BCUT2D eigenvalue weighted by atomic mass is 9.77. The summed E-state index contributed by atoms with van der Waals surface area (Å²) in [7, 11) is 0. The average molecular weight is 306 g/mol. The van der Waals surface area contributed by atoms with Crippen molar-refractivity contribution < 1.29 is 4.39 Å². The van der Waals surface area contributed by atoms with E-state index in [2.05, 4.69) is 4.90 Å². The molecule has 0 aromatic heterocycles. The molecular formula is C17H23FN2S. The molecule has 2 fully saturated rings. The Morgan fingerprint density at radius 3 is 2.48 bits per heavy atom. The highest BCUT2D eigenvalue weighted by molar-refractivity contribution is 7.80. The lowest BCUT2D eigenvalue weighted by Gasteiger charge is -2.39. The minimum atomic E-state index is -0.244. The molecule has 1 saturated heterocycles. The third-order valence-corrected chi connectivity index (χ3v) is 5.54. The number of halogens is 1. The summed E-state index contributed by atoms with van der Waals surface area (Å²) >= 11 is 4.91. The van der Waals surface area contributed by atoms with Crippen LogP contribution in [0, 0.1) is 11.2 Å². The molecule has 1 aromatic rings. The van der Waals surface area contributed by atoms with Crippen molar-refractivity contribution in [3.8, 4) is 0 Å². The van der Waals surface area contributed by atoms with Crippen LogP contribution in [0.5, 0.6) is 0 Å². The molecule has 0 bridgehead atoms. The van der Waals surface area contributed by atoms with Crippen molar-refractivity contribution in [2.24, 2.45) is 11.1 Å². The molecule has 1 aliphatic carbocycles. The van der Waals surface area contributed by atoms with Crippen molar-refractivity contribution in [3.05, 3.63) is 35.1 Å². The molecule has 1 spiro atoms. The number of hydrogen-bond acceptors (Lipinski definition) is 2. The lowest BCUT2D eigenvalue weighted by molar-refractivity contribution is 0.103. The Bertz CT molecular complexity index is 528. The Balaban J connectivity index is 1.65. The van der Waals surface area contributed by atoms with Crippen LogP contribution in [0.4, 0.5) is 4.39 Å². The molecule has 2 aliphatic rings. The molecule has 1 saturated carbocycles. The predicted molar refractivity (Wildman–Crippen MR) is 87.7 cm³/mol. The summed E-state index contributed by atoms with van der Waals surface area (Å²) in [4.78, 5) is 2.50. The zero-order valence-corrected chi connectivity index (χ0v) is 13.2. The molecule has 1 heterocycles. The fraction of sp³-hybridized carbons (Fsp3) is 0.588. The first kappa shape index (κ1) is 14.9. The van der Waals surface area contributed by atoms with Crippen molar-refractivity contribution in [1.82, 2.24) is 4.90 Å². The van der Waals surface area contributed by atoms with Crippen molar-refractivity contribution in [3.63, 3.8) is 0 Å². The minimum Gasteiger partial charge on any atom is -0.389 e. The van der Waals surface area contributed by atoms with Crippen LogP contribution in [0.2, 0.25) is 0 Å². The zero-order chi connectivity index (χ0) is 14.9. The SMILES string of the molecule is NC(=S)c1cccc(CN2CCC3(CCCC3)CC2)c1F. The fourth-order valence-electron chi connectivity index (χ4n) is 3.94. The molecule has 1 aromatic carbocycles. The molecule has 0 amide bonds. The van der Waals surface area contributed by atoms with Gasteiger partial charge in [0.15, 0.2) is 0 Å². The van der Waals surface area contributed by atoms with Crippen LogP contribution >= 0.6 is 12.2 Å². The van der Waals surface area contributed by atoms with E-state index in [-0.39, 0.29) is 10.8 Å². The maximum atomic E-state index is 14.4. The third-order valence-electron chi connectivity index (χ3n) is 5.32. The first-order chi connectivity index (χ1) is 10.1. The van der Waals surface area contributed by atoms with E-state index < -0.39 is 0 Å². The van der Waals surface area contributed by atoms with Gasteiger partial charge in [-0.3, -0.25) is 4.90 Å². The second-order valence-corrected chi connectivity index (χ2v) is 7.07. The van der Waals surface area contributed by atoms with Crippen LogP contribution < -0.4 is 5.73 Å². The largest absolute Gasteiger partial charge is 0.389 e. The van der Waals surface area contributed by atoms with Gasteiger partial charge in [-0.15, -0.1) is 0 Å². The zero-order valence-electron chi connectivity index (χ0n) is 12.4. The van der Waals surface area contributed by atoms with Crippen molar-refractivity contribution in [1.29, 1.82) is 0 Å². The maximum Gasteiger partial charge on any atom is 0.137 e. The maximum absolute atomic E-state index is 14.4. The van der Waals surface area contributed by atoms with Crippen LogP contribution in [-0.2, 0) is 6.54 Å². The fourth-order valence-corrected chi connectivity index (χ4v) is 4.10. The lowest BCUT2D eigenvalue weighted by Crippen LogP contribution is -2.38. The molecule has 4 heteroatoms. The van der Waals surface area contributed by atoms with E-state index in [1.54, 1.807) is 6.07 Å². The summed E-state index contributed by atoms with van der Waals surface area (Å²) in [5.41, 5.74) is 7.26. The quantitative estimate of drug-likeness (QED) is 0.865. The molecule has 114 valence electrons. The monoisotopic (exact) mass is 306 g/mol. The average Bonchev–Trinajstić information content (AvgIpc) is 2.92. The Morgan fingerprint density at radius 1 is 1.19 bits per heavy atom. The minimum absolute atomic E-state index is 0.137. The van der Waals surface area contributed by atoms with Crippen molar-refractivity contribution in [2.45, 2.75) is 45.1 Å². The highest BCUT2D eigenvalue weighted by atomic mass is 32.1. The van der Waals surface area contributed by atoms with Gasteiger partial charge in [0.1, 0.15) is 10.8 Å². The standard InChI is InChI=1S/C17H23FN2S/c18-15-13(4-3-5-14(15)16(19)21)12-20-10-8-17(9-11-20)6-1-2-7-17/h3-5H,1-2,6-12H2,(H2,19,21). The smallest absolute Gasteiger partial charge is 0.137 e. The number of likely N-dealkylation sites (tertiary alicyclic amines) is 1. The molecule has 2 nitrogen and oxygen atoms in total. The number of hydrogen-bond donors (Lipinski definition) is 1. The molecule has 3 rings (SSSR count). The molecule has 2 N–H and O–H groups in total. The Morgan fingerprint density at radius 2 is 1.86 bits per heavy atom. The normalized spacial score (nSPS) is 21.8. The second kappa shape index (κ2) is 6.01. The molecule has 0 unspecified atom stereocenters. The van der Waals surface area contributed by atoms with E-state index in [9.17, 15) is 4.39 Å². The summed E-state index contributed by atoms with van der Waals surface area (Å²) in [6.45, 7) is 2.83. The van der Waals surface area contributed by atoms with Crippen LogP contribution in [0.3, 0.4) is 0 Å². The Kier molecular flexibility index (Phi) is 4.27. The van der Waals surface area contributed by atoms with Crippen molar-refractivity contribution in [2.75, 3.05) is 13.1 Å². The first-order valence-corrected chi connectivity index (χ1v) is 8.30. The van der Waals surface area contributed by atoms with Crippen LogP contribution in [-0.4, -0.2) is 23.0 Å². The van der Waals surface area contributed by atoms with Gasteiger partial charge in [0.2, 0.25) is 0 Å². The van der Waals surface area contributed by atoms with Gasteiger partial charge in [0.05, 0.1) is 0 Å². The van der Waals surface area contributed by atoms with E-state index in [4.69, 9.17) is 18.0 Å². The number of thiocarbonyl (C=S) groups is 1. The summed E-state index contributed by atoms with van der Waals surface area (Å²) in [6.07, 6.45) is 8.11. The summed E-state index contributed by atoms with van der Waals surface area (Å²) in [5, 5.41) is 0. The number of nitrogens with zero attached hydrogens (tertiary/aromatic N) is 1. The number of piperidine rings is 1. The van der Waals surface area contributed by atoms with Gasteiger partial charge in [0, 0.05) is 17.7 Å². The van der Waals surface area contributed by atoms with Gasteiger partial charge < -0.3 is 5.73 Å². The highest BCUT2D eigenvalue weighted by Crippen LogP contribution is 2.46.